The van der Waals surface area contributed by atoms with Crippen LogP contribution >= 0.6 is 11.3 Å². The Labute approximate surface area is 185 Å². The lowest BCUT2D eigenvalue weighted by atomic mass is 10.1. The molecule has 2 aromatic heterocycles. The van der Waals surface area contributed by atoms with Crippen molar-refractivity contribution in [3.05, 3.63) is 65.2 Å². The minimum atomic E-state index is 0.00206. The smallest absolute Gasteiger partial charge is 0.234 e. The second-order valence-corrected chi connectivity index (χ2v) is 8.73. The zero-order valence-electron chi connectivity index (χ0n) is 17.6. The van der Waals surface area contributed by atoms with E-state index in [0.717, 1.165) is 46.1 Å². The number of carbonyl (C=O) groups is 1. The number of nitrogens with zero attached hydrogens (tertiary/aromatic N) is 5. The van der Waals surface area contributed by atoms with Gasteiger partial charge in [0.05, 0.1) is 23.1 Å². The van der Waals surface area contributed by atoms with Gasteiger partial charge in [0.15, 0.2) is 11.6 Å². The van der Waals surface area contributed by atoms with Crippen molar-refractivity contribution in [2.75, 3.05) is 29.9 Å². The zero-order valence-corrected chi connectivity index (χ0v) is 18.4. The van der Waals surface area contributed by atoms with Gasteiger partial charge < -0.3 is 4.90 Å². The van der Waals surface area contributed by atoms with Gasteiger partial charge in [0.2, 0.25) is 5.91 Å². The molecule has 1 amide bonds. The number of aromatic nitrogens is 3. The van der Waals surface area contributed by atoms with E-state index < -0.39 is 0 Å². The van der Waals surface area contributed by atoms with Crippen LogP contribution in [0.5, 0.6) is 0 Å². The van der Waals surface area contributed by atoms with E-state index in [1.807, 2.05) is 42.8 Å². The molecule has 31 heavy (non-hydrogen) atoms. The summed E-state index contributed by atoms with van der Waals surface area (Å²) in [4.78, 5) is 31.5. The molecular weight excluding hydrogens is 406 g/mol. The Morgan fingerprint density at radius 2 is 1.77 bits per heavy atom. The molecule has 1 aliphatic rings. The fraction of sp³-hybridized carbons (Fsp3) is 0.250. The molecule has 0 atom stereocenters. The number of para-hydroxylation sites is 2. The Bertz CT molecular complexity index is 1270. The van der Waals surface area contributed by atoms with Crippen LogP contribution in [0.1, 0.15) is 17.7 Å². The predicted molar refractivity (Wildman–Crippen MR) is 126 cm³/mol. The second-order valence-electron chi connectivity index (χ2n) is 7.87. The molecule has 6 nitrogen and oxygen atoms in total. The molecular formula is C24H23N5OS. The van der Waals surface area contributed by atoms with Crippen LogP contribution in [-0.4, -0.2) is 41.0 Å². The standard InChI is InChI=1S/C24H23N5OS/c1-16-7-5-8-17(13-16)24-25-18(15-31-24)14-21(30)29-12-6-11-28(2)22-23(29)27-20-10-4-3-9-19(20)26-22/h3-5,7-10,13,15H,6,11-12,14H2,1-2H3. The van der Waals surface area contributed by atoms with E-state index in [9.17, 15) is 4.79 Å². The van der Waals surface area contributed by atoms with Gasteiger partial charge in [0, 0.05) is 31.1 Å². The van der Waals surface area contributed by atoms with E-state index in [2.05, 4.69) is 30.0 Å². The van der Waals surface area contributed by atoms with Crippen molar-refractivity contribution in [2.24, 2.45) is 0 Å². The summed E-state index contributed by atoms with van der Waals surface area (Å²) in [5, 5.41) is 2.92. The van der Waals surface area contributed by atoms with Gasteiger partial charge >= 0.3 is 0 Å². The summed E-state index contributed by atoms with van der Waals surface area (Å²) in [7, 11) is 2.00. The van der Waals surface area contributed by atoms with Crippen LogP contribution in [0.15, 0.2) is 53.9 Å². The third-order valence-corrected chi connectivity index (χ3v) is 6.42. The van der Waals surface area contributed by atoms with E-state index in [4.69, 9.17) is 15.0 Å². The van der Waals surface area contributed by atoms with E-state index in [-0.39, 0.29) is 12.3 Å². The van der Waals surface area contributed by atoms with Crippen LogP contribution in [0, 0.1) is 6.92 Å². The number of benzene rings is 2. The molecule has 2 aromatic carbocycles. The zero-order chi connectivity index (χ0) is 21.4. The first-order valence-electron chi connectivity index (χ1n) is 10.4. The highest BCUT2D eigenvalue weighted by molar-refractivity contribution is 7.13. The highest BCUT2D eigenvalue weighted by Crippen LogP contribution is 2.31. The summed E-state index contributed by atoms with van der Waals surface area (Å²) < 4.78 is 0. The second kappa shape index (κ2) is 8.07. The predicted octanol–water partition coefficient (Wildman–Crippen LogP) is 4.48. The molecule has 156 valence electrons. The Balaban J connectivity index is 1.45. The van der Waals surface area contributed by atoms with E-state index in [0.29, 0.717) is 12.4 Å². The van der Waals surface area contributed by atoms with E-state index in [1.165, 1.54) is 5.56 Å². The maximum absolute atomic E-state index is 13.3. The number of amides is 1. The average molecular weight is 430 g/mol. The van der Waals surface area contributed by atoms with Gasteiger partial charge in [-0.1, -0.05) is 35.9 Å². The first-order chi connectivity index (χ1) is 15.1. The molecule has 0 saturated heterocycles. The summed E-state index contributed by atoms with van der Waals surface area (Å²) in [6, 6.07) is 16.1. The lowest BCUT2D eigenvalue weighted by Crippen LogP contribution is -2.33. The SMILES string of the molecule is Cc1cccc(-c2nc(CC(=O)N3CCCN(C)c4nc5ccccc5nc43)cs2)c1. The monoisotopic (exact) mass is 429 g/mol. The number of rotatable bonds is 3. The van der Waals surface area contributed by atoms with Crippen molar-refractivity contribution >= 4 is 39.9 Å². The number of anilines is 2. The molecule has 0 aliphatic carbocycles. The van der Waals surface area contributed by atoms with Crippen molar-refractivity contribution in [3.63, 3.8) is 0 Å². The number of hydrogen-bond acceptors (Lipinski definition) is 6. The normalized spacial score (nSPS) is 13.9. The lowest BCUT2D eigenvalue weighted by Gasteiger charge is -2.22. The van der Waals surface area contributed by atoms with Crippen molar-refractivity contribution in [3.8, 4) is 10.6 Å². The highest BCUT2D eigenvalue weighted by atomic mass is 32.1. The van der Waals surface area contributed by atoms with Crippen molar-refractivity contribution < 1.29 is 4.79 Å². The molecule has 0 N–H and O–H groups in total. The third-order valence-electron chi connectivity index (χ3n) is 5.48. The number of thiazole rings is 1. The maximum atomic E-state index is 13.3. The minimum absolute atomic E-state index is 0.00206. The van der Waals surface area contributed by atoms with Gasteiger partial charge in [-0.15, -0.1) is 11.3 Å². The molecule has 0 spiro atoms. The molecule has 0 saturated carbocycles. The fourth-order valence-electron chi connectivity index (χ4n) is 3.89. The number of hydrogen-bond donors (Lipinski definition) is 0. The summed E-state index contributed by atoms with van der Waals surface area (Å²) >= 11 is 1.57. The quantitative estimate of drug-likeness (QED) is 0.481. The summed E-state index contributed by atoms with van der Waals surface area (Å²) in [5.41, 5.74) is 4.71. The first-order valence-corrected chi connectivity index (χ1v) is 11.3. The number of aryl methyl sites for hydroxylation is 1. The Hall–Kier alpha value is -3.32. The molecule has 1 aliphatic heterocycles. The highest BCUT2D eigenvalue weighted by Gasteiger charge is 2.27. The van der Waals surface area contributed by atoms with Crippen LogP contribution in [0.25, 0.3) is 21.6 Å². The van der Waals surface area contributed by atoms with Crippen molar-refractivity contribution in [2.45, 2.75) is 19.8 Å². The van der Waals surface area contributed by atoms with E-state index >= 15 is 0 Å². The average Bonchev–Trinajstić information content (AvgIpc) is 3.17. The first kappa shape index (κ1) is 19.6. The topological polar surface area (TPSA) is 62.2 Å². The van der Waals surface area contributed by atoms with Gasteiger partial charge in [-0.2, -0.15) is 0 Å². The Morgan fingerprint density at radius 1 is 1.00 bits per heavy atom. The Morgan fingerprint density at radius 3 is 2.55 bits per heavy atom. The summed E-state index contributed by atoms with van der Waals surface area (Å²) in [6.07, 6.45) is 1.11. The summed E-state index contributed by atoms with van der Waals surface area (Å²) in [6.45, 7) is 3.52. The molecule has 0 radical (unpaired) electrons. The summed E-state index contributed by atoms with van der Waals surface area (Å²) in [5.74, 6) is 1.39. The van der Waals surface area contributed by atoms with Crippen molar-refractivity contribution in [1.29, 1.82) is 0 Å². The van der Waals surface area contributed by atoms with Crippen molar-refractivity contribution in [1.82, 2.24) is 15.0 Å². The van der Waals surface area contributed by atoms with Gasteiger partial charge in [-0.25, -0.2) is 15.0 Å². The largest absolute Gasteiger partial charge is 0.357 e. The number of carbonyl (C=O) groups excluding carboxylic acids is 1. The van der Waals surface area contributed by atoms with Crippen LogP contribution in [-0.2, 0) is 11.2 Å². The molecule has 0 unspecified atom stereocenters. The third kappa shape index (κ3) is 3.88. The Kier molecular flexibility index (Phi) is 5.11. The fourth-order valence-corrected chi connectivity index (χ4v) is 4.71. The van der Waals surface area contributed by atoms with Crippen LogP contribution in [0.3, 0.4) is 0 Å². The molecule has 7 heteroatoms. The van der Waals surface area contributed by atoms with Gasteiger partial charge in [0.1, 0.15) is 5.01 Å². The lowest BCUT2D eigenvalue weighted by molar-refractivity contribution is -0.118. The minimum Gasteiger partial charge on any atom is -0.357 e. The molecule has 0 fully saturated rings. The van der Waals surface area contributed by atoms with Crippen LogP contribution in [0.4, 0.5) is 11.6 Å². The van der Waals surface area contributed by atoms with Gasteiger partial charge in [0.25, 0.3) is 0 Å². The molecule has 4 aromatic rings. The van der Waals surface area contributed by atoms with Gasteiger partial charge in [-0.05, 0) is 31.5 Å². The number of fused-ring (bicyclic) bond motifs is 2. The molecule has 0 bridgehead atoms. The molecule has 3 heterocycles. The molecule has 5 rings (SSSR count). The van der Waals surface area contributed by atoms with Gasteiger partial charge in [-0.3, -0.25) is 9.69 Å². The van der Waals surface area contributed by atoms with E-state index in [1.54, 1.807) is 16.2 Å². The van der Waals surface area contributed by atoms with Crippen LogP contribution in [0.2, 0.25) is 0 Å². The maximum Gasteiger partial charge on any atom is 0.234 e. The van der Waals surface area contributed by atoms with Crippen LogP contribution < -0.4 is 9.80 Å².